The van der Waals surface area contributed by atoms with Crippen molar-refractivity contribution in [2.75, 3.05) is 19.7 Å². The minimum absolute atomic E-state index is 0.000901. The Morgan fingerprint density at radius 1 is 1.29 bits per heavy atom. The zero-order chi connectivity index (χ0) is 16.7. The lowest BCUT2D eigenvalue weighted by Crippen LogP contribution is -2.48. The van der Waals surface area contributed by atoms with Gasteiger partial charge < -0.3 is 9.64 Å². The maximum Gasteiger partial charge on any atom is 0.263 e. The number of hydrogen-bond donors (Lipinski definition) is 1. The number of aromatic amines is 1. The molecule has 1 fully saturated rings. The summed E-state index contributed by atoms with van der Waals surface area (Å²) in [6, 6.07) is 3.48. The summed E-state index contributed by atoms with van der Waals surface area (Å²) in [6.07, 6.45) is 4.29. The zero-order valence-electron chi connectivity index (χ0n) is 13.5. The molecule has 1 N–H and O–H groups in total. The summed E-state index contributed by atoms with van der Waals surface area (Å²) in [7, 11) is 0. The third-order valence-corrected chi connectivity index (χ3v) is 6.12. The first-order valence-electron chi connectivity index (χ1n) is 8.16. The Balaban J connectivity index is 1.48. The fourth-order valence-electron chi connectivity index (χ4n) is 3.59. The van der Waals surface area contributed by atoms with E-state index in [-0.39, 0.29) is 17.3 Å². The van der Waals surface area contributed by atoms with Crippen molar-refractivity contribution in [1.29, 1.82) is 0 Å². The number of H-pyrrole nitrogens is 1. The summed E-state index contributed by atoms with van der Waals surface area (Å²) in [5, 5.41) is 7.25. The molecule has 1 spiro atoms. The van der Waals surface area contributed by atoms with Gasteiger partial charge in [-0.2, -0.15) is 5.10 Å². The Morgan fingerprint density at radius 2 is 2.04 bits per heavy atom. The van der Waals surface area contributed by atoms with E-state index in [0.29, 0.717) is 29.5 Å². The lowest BCUT2D eigenvalue weighted by molar-refractivity contribution is -0.0961. The Morgan fingerprint density at radius 3 is 2.75 bits per heavy atom. The van der Waals surface area contributed by atoms with Crippen LogP contribution in [0.25, 0.3) is 0 Å². The van der Waals surface area contributed by atoms with Gasteiger partial charge in [0.05, 0.1) is 28.3 Å². The van der Waals surface area contributed by atoms with Crippen LogP contribution in [0.5, 0.6) is 0 Å². The van der Waals surface area contributed by atoms with Crippen molar-refractivity contribution in [2.45, 2.75) is 31.8 Å². The van der Waals surface area contributed by atoms with E-state index in [9.17, 15) is 9.59 Å². The average Bonchev–Trinajstić information content (AvgIpc) is 3.25. The molecule has 1 saturated heterocycles. The molecule has 0 atom stereocenters. The van der Waals surface area contributed by atoms with E-state index in [2.05, 4.69) is 10.2 Å². The molecule has 2 aromatic rings. The van der Waals surface area contributed by atoms with Crippen molar-refractivity contribution in [3.8, 4) is 0 Å². The maximum atomic E-state index is 12.7. The predicted octanol–water partition coefficient (Wildman–Crippen LogP) is 2.38. The molecule has 4 heterocycles. The summed E-state index contributed by atoms with van der Waals surface area (Å²) in [4.78, 5) is 27.2. The van der Waals surface area contributed by atoms with Crippen molar-refractivity contribution in [2.24, 2.45) is 0 Å². The van der Waals surface area contributed by atoms with Crippen LogP contribution in [0, 0.1) is 0 Å². The normalized spacial score (nSPS) is 19.3. The number of Topliss-reactive ketones (excluding diaryl/α,β-unsaturated/α-hetero) is 1. The number of nitrogens with one attached hydrogen (secondary N) is 1. The number of nitrogens with zero attached hydrogens (tertiary/aromatic N) is 2. The van der Waals surface area contributed by atoms with Gasteiger partial charge in [-0.25, -0.2) is 0 Å². The molecule has 0 aliphatic carbocycles. The number of amides is 1. The van der Waals surface area contributed by atoms with Crippen molar-refractivity contribution in [3.63, 3.8) is 0 Å². The van der Waals surface area contributed by atoms with E-state index in [1.54, 1.807) is 12.1 Å². The Bertz CT molecular complexity index is 787. The first-order valence-corrected chi connectivity index (χ1v) is 8.97. The molecule has 0 saturated carbocycles. The fourth-order valence-corrected chi connectivity index (χ4v) is 4.46. The molecule has 24 heavy (non-hydrogen) atoms. The lowest BCUT2D eigenvalue weighted by atomic mass is 9.84. The van der Waals surface area contributed by atoms with Crippen LogP contribution < -0.4 is 0 Å². The first-order chi connectivity index (χ1) is 11.6. The summed E-state index contributed by atoms with van der Waals surface area (Å²) < 4.78 is 6.11. The van der Waals surface area contributed by atoms with Crippen LogP contribution in [-0.4, -0.2) is 46.5 Å². The van der Waals surface area contributed by atoms with Crippen LogP contribution in [0.1, 0.15) is 50.4 Å². The number of fused-ring (bicyclic) bond motifs is 2. The monoisotopic (exact) mass is 345 g/mol. The molecule has 1 amide bonds. The molecular weight excluding hydrogens is 326 g/mol. The van der Waals surface area contributed by atoms with Gasteiger partial charge in [0, 0.05) is 13.1 Å². The predicted molar refractivity (Wildman–Crippen MR) is 89.4 cm³/mol. The van der Waals surface area contributed by atoms with Gasteiger partial charge in [-0.05, 0) is 43.9 Å². The number of ether oxygens (including phenoxy) is 1. The van der Waals surface area contributed by atoms with Gasteiger partial charge in [-0.1, -0.05) is 0 Å². The smallest absolute Gasteiger partial charge is 0.263 e. The Hall–Kier alpha value is -1.99. The second-order valence-electron chi connectivity index (χ2n) is 6.38. The van der Waals surface area contributed by atoms with E-state index in [4.69, 9.17) is 4.74 Å². The Kier molecular flexibility index (Phi) is 3.77. The van der Waals surface area contributed by atoms with Gasteiger partial charge >= 0.3 is 0 Å². The molecule has 0 radical (unpaired) electrons. The lowest BCUT2D eigenvalue weighted by Gasteiger charge is -2.43. The van der Waals surface area contributed by atoms with E-state index in [1.165, 1.54) is 23.8 Å². The number of rotatable bonds is 2. The molecule has 0 bridgehead atoms. The molecule has 2 aromatic heterocycles. The molecular formula is C17H19N3O3S. The zero-order valence-corrected chi connectivity index (χ0v) is 14.3. The van der Waals surface area contributed by atoms with Gasteiger partial charge in [0.1, 0.15) is 5.60 Å². The number of carbonyl (C=O) groups is 2. The largest absolute Gasteiger partial charge is 0.368 e. The van der Waals surface area contributed by atoms with Crippen LogP contribution in [-0.2, 0) is 16.8 Å². The first kappa shape index (κ1) is 15.5. The second kappa shape index (κ2) is 5.82. The van der Waals surface area contributed by atoms with Crippen LogP contribution in [0.2, 0.25) is 0 Å². The van der Waals surface area contributed by atoms with Gasteiger partial charge in [0.2, 0.25) is 0 Å². The highest BCUT2D eigenvalue weighted by Gasteiger charge is 2.43. The molecule has 7 heteroatoms. The second-order valence-corrected chi connectivity index (χ2v) is 7.46. The van der Waals surface area contributed by atoms with Gasteiger partial charge in [-0.3, -0.25) is 14.7 Å². The van der Waals surface area contributed by atoms with E-state index in [1.807, 2.05) is 11.1 Å². The number of hydrogen-bond acceptors (Lipinski definition) is 5. The van der Waals surface area contributed by atoms with Crippen molar-refractivity contribution in [3.05, 3.63) is 39.3 Å². The summed E-state index contributed by atoms with van der Waals surface area (Å²) >= 11 is 1.27. The molecule has 4 rings (SSSR count). The minimum atomic E-state index is -0.332. The average molecular weight is 345 g/mol. The van der Waals surface area contributed by atoms with Crippen molar-refractivity contribution in [1.82, 2.24) is 15.1 Å². The van der Waals surface area contributed by atoms with E-state index >= 15 is 0 Å². The van der Waals surface area contributed by atoms with E-state index < -0.39 is 0 Å². The molecule has 2 aliphatic rings. The third kappa shape index (κ3) is 2.48. The highest BCUT2D eigenvalue weighted by Crippen LogP contribution is 2.40. The number of likely N-dealkylation sites (tertiary alicyclic amines) is 1. The van der Waals surface area contributed by atoms with Crippen LogP contribution in [0.4, 0.5) is 0 Å². The SMILES string of the molecule is CC(=O)c1ccc(C(=O)N2CCC3(CC2)OCCc2cn[nH]c23)s1. The maximum absolute atomic E-state index is 12.7. The number of thiophene rings is 1. The van der Waals surface area contributed by atoms with Gasteiger partial charge in [-0.15, -0.1) is 11.3 Å². The number of piperidine rings is 1. The summed E-state index contributed by atoms with van der Waals surface area (Å²) in [5.74, 6) is 0.00187. The minimum Gasteiger partial charge on any atom is -0.368 e. The molecule has 2 aliphatic heterocycles. The Labute approximate surface area is 143 Å². The van der Waals surface area contributed by atoms with Gasteiger partial charge in [0.15, 0.2) is 5.78 Å². The quantitative estimate of drug-likeness (QED) is 0.848. The third-order valence-electron chi connectivity index (χ3n) is 4.95. The van der Waals surface area contributed by atoms with Crippen LogP contribution >= 0.6 is 11.3 Å². The molecule has 0 unspecified atom stereocenters. The summed E-state index contributed by atoms with van der Waals surface area (Å²) in [5.41, 5.74) is 1.97. The topological polar surface area (TPSA) is 75.3 Å². The van der Waals surface area contributed by atoms with Crippen molar-refractivity contribution >= 4 is 23.0 Å². The highest BCUT2D eigenvalue weighted by molar-refractivity contribution is 7.15. The highest BCUT2D eigenvalue weighted by atomic mass is 32.1. The molecule has 126 valence electrons. The standard InChI is InChI=1S/C17H19N3O3S/c1-11(21)13-2-3-14(24-13)16(22)20-7-5-17(6-8-20)15-12(4-9-23-17)10-18-19-15/h2-3,10H,4-9H2,1H3,(H,18,19). The fraction of sp³-hybridized carbons (Fsp3) is 0.471. The number of ketones is 1. The number of carbonyl (C=O) groups excluding carboxylic acids is 2. The van der Waals surface area contributed by atoms with E-state index in [0.717, 1.165) is 25.0 Å². The van der Waals surface area contributed by atoms with Crippen molar-refractivity contribution < 1.29 is 14.3 Å². The summed E-state index contributed by atoms with van der Waals surface area (Å²) in [6.45, 7) is 3.51. The van der Waals surface area contributed by atoms with Gasteiger partial charge in [0.25, 0.3) is 5.91 Å². The molecule has 0 aromatic carbocycles. The van der Waals surface area contributed by atoms with Crippen LogP contribution in [0.3, 0.4) is 0 Å². The number of aromatic nitrogens is 2. The van der Waals surface area contributed by atoms with Crippen LogP contribution in [0.15, 0.2) is 18.3 Å². The molecule has 6 nitrogen and oxygen atoms in total.